The van der Waals surface area contributed by atoms with Crippen LogP contribution in [-0.2, 0) is 9.47 Å². The Balaban J connectivity index is 2.45. The molecular weight excluding hydrogens is 360 g/mol. The smallest absolute Gasteiger partial charge is 0.437 e. The van der Waals surface area contributed by atoms with Crippen LogP contribution in [0.1, 0.15) is 73.6 Å². The molecule has 156 valence electrons. The van der Waals surface area contributed by atoms with Gasteiger partial charge >= 0.3 is 12.2 Å². The fourth-order valence-electron chi connectivity index (χ4n) is 3.01. The Morgan fingerprint density at radius 1 is 1.04 bits per heavy atom. The lowest BCUT2D eigenvalue weighted by atomic mass is 9.94. The molecule has 0 unspecified atom stereocenters. The zero-order valence-electron chi connectivity index (χ0n) is 17.8. The fraction of sp³-hybridized carbons (Fsp3) is 0.700. The molecule has 1 aromatic rings. The van der Waals surface area contributed by atoms with E-state index in [4.69, 9.17) is 9.47 Å². The Kier molecular flexibility index (Phi) is 6.85. The van der Waals surface area contributed by atoms with E-state index in [-0.39, 0.29) is 12.0 Å². The second kappa shape index (κ2) is 8.75. The molecule has 1 heterocycles. The molecule has 1 aliphatic rings. The highest BCUT2D eigenvalue weighted by molar-refractivity contribution is 6.00. The van der Waals surface area contributed by atoms with Gasteiger partial charge < -0.3 is 9.47 Å². The zero-order chi connectivity index (χ0) is 20.9. The van der Waals surface area contributed by atoms with E-state index in [0.717, 1.165) is 32.1 Å². The van der Waals surface area contributed by atoms with Crippen molar-refractivity contribution in [1.82, 2.24) is 14.7 Å². The molecule has 2 amide bonds. The molecule has 1 aliphatic carbocycles. The van der Waals surface area contributed by atoms with Crippen LogP contribution in [0.4, 0.5) is 9.59 Å². The van der Waals surface area contributed by atoms with Gasteiger partial charge in [-0.25, -0.2) is 19.2 Å². The first kappa shape index (κ1) is 21.9. The summed E-state index contributed by atoms with van der Waals surface area (Å²) in [6, 6.07) is 1.59. The topological polar surface area (TPSA) is 86.0 Å². The maximum Gasteiger partial charge on any atom is 0.437 e. The van der Waals surface area contributed by atoms with Crippen molar-refractivity contribution in [2.75, 3.05) is 0 Å². The summed E-state index contributed by atoms with van der Waals surface area (Å²) in [6.07, 6.45) is 6.65. The molecule has 2 rings (SSSR count). The normalized spacial score (nSPS) is 16.6. The summed E-state index contributed by atoms with van der Waals surface area (Å²) in [7, 11) is 0. The zero-order valence-corrected chi connectivity index (χ0v) is 17.8. The molecule has 0 aromatic carbocycles. The van der Waals surface area contributed by atoms with E-state index >= 15 is 0 Å². The number of rotatable bonds is 1. The minimum absolute atomic E-state index is 0.0976. The number of aromatic nitrogens is 2. The Bertz CT molecular complexity index is 693. The predicted octanol–water partition coefficient (Wildman–Crippen LogP) is 4.59. The Hall–Kier alpha value is -2.38. The molecule has 0 N–H and O–H groups in total. The number of amides is 2. The van der Waals surface area contributed by atoms with E-state index in [0.29, 0.717) is 0 Å². The third kappa shape index (κ3) is 6.65. The largest absolute Gasteiger partial charge is 0.443 e. The summed E-state index contributed by atoms with van der Waals surface area (Å²) in [5, 5.41) is 4.19. The standard InChI is InChI=1S/C20H32N4O4/c1-19(2,3)27-17(25)22-16(23-14-10-13-21-23)24(15-11-8-7-9-12-15)18(26)28-20(4,5)6/h10,13-15H,7-9,11-12H2,1-6H3/b22-16-. The van der Waals surface area contributed by atoms with Gasteiger partial charge in [-0.15, -0.1) is 4.99 Å². The van der Waals surface area contributed by atoms with Crippen molar-refractivity contribution in [3.05, 3.63) is 18.5 Å². The van der Waals surface area contributed by atoms with E-state index < -0.39 is 23.4 Å². The van der Waals surface area contributed by atoms with Gasteiger partial charge in [-0.3, -0.25) is 0 Å². The number of ether oxygens (including phenoxy) is 2. The molecule has 1 fully saturated rings. The van der Waals surface area contributed by atoms with Crippen LogP contribution >= 0.6 is 0 Å². The molecule has 0 aliphatic heterocycles. The first-order valence-corrected chi connectivity index (χ1v) is 9.80. The van der Waals surface area contributed by atoms with Crippen molar-refractivity contribution in [2.45, 2.75) is 90.9 Å². The molecule has 0 atom stereocenters. The molecule has 1 saturated carbocycles. The molecule has 8 heteroatoms. The van der Waals surface area contributed by atoms with Crippen LogP contribution < -0.4 is 0 Å². The van der Waals surface area contributed by atoms with Crippen molar-refractivity contribution >= 4 is 18.1 Å². The highest BCUT2D eigenvalue weighted by atomic mass is 16.6. The van der Waals surface area contributed by atoms with Gasteiger partial charge in [0.05, 0.1) is 0 Å². The van der Waals surface area contributed by atoms with E-state index in [2.05, 4.69) is 10.1 Å². The summed E-state index contributed by atoms with van der Waals surface area (Å²) < 4.78 is 12.4. The quantitative estimate of drug-likeness (QED) is 0.515. The van der Waals surface area contributed by atoms with Gasteiger partial charge in [-0.2, -0.15) is 5.10 Å². The van der Waals surface area contributed by atoms with Gasteiger partial charge in [0.2, 0.25) is 5.96 Å². The van der Waals surface area contributed by atoms with Gasteiger partial charge in [-0.05, 0) is 60.5 Å². The molecule has 0 radical (unpaired) electrons. The van der Waals surface area contributed by atoms with Crippen molar-refractivity contribution in [1.29, 1.82) is 0 Å². The van der Waals surface area contributed by atoms with Crippen molar-refractivity contribution in [2.24, 2.45) is 4.99 Å². The van der Waals surface area contributed by atoms with Crippen LogP contribution in [0.2, 0.25) is 0 Å². The molecular formula is C20H32N4O4. The Labute approximate surface area is 166 Å². The van der Waals surface area contributed by atoms with Crippen molar-refractivity contribution in [3.63, 3.8) is 0 Å². The summed E-state index contributed by atoms with van der Waals surface area (Å²) in [5.74, 6) is 0.0976. The number of hydrogen-bond acceptors (Lipinski definition) is 5. The van der Waals surface area contributed by atoms with Gasteiger partial charge in [0.25, 0.3) is 0 Å². The minimum atomic E-state index is -0.776. The first-order valence-electron chi connectivity index (χ1n) is 9.80. The van der Waals surface area contributed by atoms with Crippen LogP contribution in [0, 0.1) is 0 Å². The molecule has 0 spiro atoms. The van der Waals surface area contributed by atoms with Crippen LogP contribution in [0.25, 0.3) is 0 Å². The fourth-order valence-corrected chi connectivity index (χ4v) is 3.01. The Morgan fingerprint density at radius 3 is 2.14 bits per heavy atom. The van der Waals surface area contributed by atoms with E-state index in [1.54, 1.807) is 39.2 Å². The average molecular weight is 393 g/mol. The summed E-state index contributed by atoms with van der Waals surface area (Å²) in [5.41, 5.74) is -1.37. The van der Waals surface area contributed by atoms with Crippen molar-refractivity contribution < 1.29 is 19.1 Å². The maximum absolute atomic E-state index is 13.1. The Morgan fingerprint density at radius 2 is 1.64 bits per heavy atom. The monoisotopic (exact) mass is 392 g/mol. The predicted molar refractivity (Wildman–Crippen MR) is 106 cm³/mol. The molecule has 8 nitrogen and oxygen atoms in total. The average Bonchev–Trinajstić information content (AvgIpc) is 3.06. The number of hydrogen-bond donors (Lipinski definition) is 0. The highest BCUT2D eigenvalue weighted by Crippen LogP contribution is 2.25. The lowest BCUT2D eigenvalue weighted by molar-refractivity contribution is 0.0275. The van der Waals surface area contributed by atoms with E-state index in [1.807, 2.05) is 20.8 Å². The maximum atomic E-state index is 13.1. The summed E-state index contributed by atoms with van der Waals surface area (Å²) in [4.78, 5) is 31.1. The summed E-state index contributed by atoms with van der Waals surface area (Å²) in [6.45, 7) is 10.7. The van der Waals surface area contributed by atoms with Crippen LogP contribution in [0.3, 0.4) is 0 Å². The van der Waals surface area contributed by atoms with Crippen LogP contribution in [0.5, 0.6) is 0 Å². The van der Waals surface area contributed by atoms with Crippen LogP contribution in [0.15, 0.2) is 23.5 Å². The third-order valence-electron chi connectivity index (χ3n) is 4.04. The molecule has 28 heavy (non-hydrogen) atoms. The van der Waals surface area contributed by atoms with Gasteiger partial charge in [-0.1, -0.05) is 19.3 Å². The highest BCUT2D eigenvalue weighted by Gasteiger charge is 2.35. The lowest BCUT2D eigenvalue weighted by Gasteiger charge is -2.35. The van der Waals surface area contributed by atoms with Gasteiger partial charge in [0.15, 0.2) is 0 Å². The van der Waals surface area contributed by atoms with E-state index in [1.165, 1.54) is 9.58 Å². The molecule has 0 bridgehead atoms. The van der Waals surface area contributed by atoms with E-state index in [9.17, 15) is 9.59 Å². The van der Waals surface area contributed by atoms with Crippen molar-refractivity contribution in [3.8, 4) is 0 Å². The molecule has 0 saturated heterocycles. The van der Waals surface area contributed by atoms with Gasteiger partial charge in [0.1, 0.15) is 11.2 Å². The second-order valence-electron chi connectivity index (χ2n) is 8.98. The first-order chi connectivity index (χ1) is 13.0. The van der Waals surface area contributed by atoms with Gasteiger partial charge in [0, 0.05) is 18.4 Å². The lowest BCUT2D eigenvalue weighted by Crippen LogP contribution is -2.50. The third-order valence-corrected chi connectivity index (χ3v) is 4.04. The molecule has 1 aromatic heterocycles. The number of nitrogens with zero attached hydrogens (tertiary/aromatic N) is 4. The number of carbonyl (C=O) groups excluding carboxylic acids is 2. The minimum Gasteiger partial charge on any atom is -0.443 e. The number of aliphatic imine (C=N–C) groups is 1. The van der Waals surface area contributed by atoms with Crippen LogP contribution in [-0.4, -0.2) is 50.1 Å². The number of carbonyl (C=O) groups is 2. The second-order valence-corrected chi connectivity index (χ2v) is 8.98. The summed E-state index contributed by atoms with van der Waals surface area (Å²) >= 11 is 0. The SMILES string of the molecule is CC(C)(C)OC(=O)/N=C(\N(C(=O)OC(C)(C)C)C1CCCCC1)n1cccn1.